The average Bonchev–Trinajstić information content (AvgIpc) is 2.49. The zero-order chi connectivity index (χ0) is 16.5. The van der Waals surface area contributed by atoms with Crippen molar-refractivity contribution < 1.29 is 14.3 Å². The highest BCUT2D eigenvalue weighted by molar-refractivity contribution is 5.98. The van der Waals surface area contributed by atoms with Crippen LogP contribution >= 0.6 is 12.4 Å². The minimum Gasteiger partial charge on any atom is -0.462 e. The Balaban J connectivity index is 0.00000484. The Morgan fingerprint density at radius 3 is 2.48 bits per heavy atom. The summed E-state index contributed by atoms with van der Waals surface area (Å²) in [6.45, 7) is 7.18. The molecule has 1 rings (SSSR count). The number of rotatable bonds is 8. The van der Waals surface area contributed by atoms with E-state index in [0.717, 1.165) is 5.69 Å². The number of ether oxygens (including phenoxy) is 1. The predicted molar refractivity (Wildman–Crippen MR) is 95.5 cm³/mol. The number of amides is 1. The molecule has 0 radical (unpaired) electrons. The summed E-state index contributed by atoms with van der Waals surface area (Å²) in [5.41, 5.74) is 1.78. The van der Waals surface area contributed by atoms with E-state index < -0.39 is 5.97 Å². The second-order valence-corrected chi connectivity index (χ2v) is 4.96. The third kappa shape index (κ3) is 6.46. The number of benzene rings is 1. The molecule has 0 aliphatic heterocycles. The third-order valence-electron chi connectivity index (χ3n) is 3.11. The SMILES string of the molecule is CCNc1ccc(C(=O)OCC)cc1NC(=O)C(C)CNC.Cl. The molecule has 6 nitrogen and oxygen atoms in total. The summed E-state index contributed by atoms with van der Waals surface area (Å²) in [5, 5.41) is 9.01. The molecule has 0 fully saturated rings. The highest BCUT2D eigenvalue weighted by Gasteiger charge is 2.16. The standard InChI is InChI=1S/C16H25N3O3.ClH/c1-5-18-13-8-7-12(16(21)22-6-2)9-14(13)19-15(20)11(3)10-17-4;/h7-9,11,17-18H,5-6,10H2,1-4H3,(H,19,20);1H. The maximum atomic E-state index is 12.2. The van der Waals surface area contributed by atoms with Crippen molar-refractivity contribution >= 4 is 35.7 Å². The van der Waals surface area contributed by atoms with Crippen molar-refractivity contribution in [2.75, 3.05) is 37.4 Å². The van der Waals surface area contributed by atoms with Gasteiger partial charge in [0.2, 0.25) is 5.91 Å². The molecule has 0 saturated carbocycles. The molecular formula is C16H26ClN3O3. The van der Waals surface area contributed by atoms with Gasteiger partial charge in [0.15, 0.2) is 0 Å². The summed E-state index contributed by atoms with van der Waals surface area (Å²) in [6.07, 6.45) is 0. The number of nitrogens with one attached hydrogen (secondary N) is 3. The second-order valence-electron chi connectivity index (χ2n) is 4.96. The molecule has 23 heavy (non-hydrogen) atoms. The minimum absolute atomic E-state index is 0. The van der Waals surface area contributed by atoms with Gasteiger partial charge in [-0.25, -0.2) is 4.79 Å². The predicted octanol–water partition coefficient (Wildman–Crippen LogP) is 2.51. The number of esters is 1. The summed E-state index contributed by atoms with van der Waals surface area (Å²) in [7, 11) is 1.80. The highest BCUT2D eigenvalue weighted by Crippen LogP contribution is 2.24. The molecule has 0 saturated heterocycles. The lowest BCUT2D eigenvalue weighted by atomic mass is 10.1. The Labute approximate surface area is 143 Å². The molecule has 130 valence electrons. The first-order valence-electron chi connectivity index (χ1n) is 7.53. The molecule has 0 aliphatic rings. The number of anilines is 2. The lowest BCUT2D eigenvalue weighted by Gasteiger charge is -2.16. The summed E-state index contributed by atoms with van der Waals surface area (Å²) in [4.78, 5) is 24.0. The van der Waals surface area contributed by atoms with E-state index in [4.69, 9.17) is 4.74 Å². The van der Waals surface area contributed by atoms with Crippen molar-refractivity contribution in [3.8, 4) is 0 Å². The Hall–Kier alpha value is -1.79. The average molecular weight is 344 g/mol. The second kappa shape index (κ2) is 10.9. The largest absolute Gasteiger partial charge is 0.462 e. The molecule has 1 aromatic rings. The smallest absolute Gasteiger partial charge is 0.338 e. The van der Waals surface area contributed by atoms with Gasteiger partial charge in [0.1, 0.15) is 0 Å². The Morgan fingerprint density at radius 2 is 1.91 bits per heavy atom. The van der Waals surface area contributed by atoms with Crippen molar-refractivity contribution in [3.63, 3.8) is 0 Å². The van der Waals surface area contributed by atoms with Crippen molar-refractivity contribution in [1.29, 1.82) is 0 Å². The Bertz CT molecular complexity index is 523. The molecule has 0 bridgehead atoms. The molecule has 3 N–H and O–H groups in total. The fourth-order valence-corrected chi connectivity index (χ4v) is 1.99. The first-order chi connectivity index (χ1) is 10.5. The molecule has 0 aromatic heterocycles. The van der Waals surface area contributed by atoms with E-state index in [9.17, 15) is 9.59 Å². The summed E-state index contributed by atoms with van der Waals surface area (Å²) in [6, 6.07) is 5.09. The van der Waals surface area contributed by atoms with Crippen LogP contribution in [0.15, 0.2) is 18.2 Å². The van der Waals surface area contributed by atoms with Crippen LogP contribution in [0.4, 0.5) is 11.4 Å². The van der Waals surface area contributed by atoms with E-state index in [-0.39, 0.29) is 24.2 Å². The van der Waals surface area contributed by atoms with Crippen molar-refractivity contribution in [2.24, 2.45) is 5.92 Å². The molecular weight excluding hydrogens is 318 g/mol. The summed E-state index contributed by atoms with van der Waals surface area (Å²) < 4.78 is 4.99. The van der Waals surface area contributed by atoms with Gasteiger partial charge in [-0.2, -0.15) is 0 Å². The van der Waals surface area contributed by atoms with E-state index in [0.29, 0.717) is 30.9 Å². The van der Waals surface area contributed by atoms with E-state index in [1.54, 1.807) is 32.2 Å². The van der Waals surface area contributed by atoms with Gasteiger partial charge in [0.05, 0.1) is 23.5 Å². The number of hydrogen-bond donors (Lipinski definition) is 3. The fraction of sp³-hybridized carbons (Fsp3) is 0.500. The van der Waals surface area contributed by atoms with E-state index in [1.807, 2.05) is 13.8 Å². The Morgan fingerprint density at radius 1 is 1.22 bits per heavy atom. The van der Waals surface area contributed by atoms with Gasteiger partial charge < -0.3 is 20.7 Å². The zero-order valence-electron chi connectivity index (χ0n) is 14.1. The molecule has 0 heterocycles. The van der Waals surface area contributed by atoms with Gasteiger partial charge in [-0.3, -0.25) is 4.79 Å². The summed E-state index contributed by atoms with van der Waals surface area (Å²) >= 11 is 0. The number of halogens is 1. The number of carbonyl (C=O) groups is 2. The van der Waals surface area contributed by atoms with E-state index in [2.05, 4.69) is 16.0 Å². The van der Waals surface area contributed by atoms with Crippen LogP contribution in [0.5, 0.6) is 0 Å². The first kappa shape index (κ1) is 21.2. The zero-order valence-corrected chi connectivity index (χ0v) is 14.9. The number of carbonyl (C=O) groups excluding carboxylic acids is 2. The monoisotopic (exact) mass is 343 g/mol. The third-order valence-corrected chi connectivity index (χ3v) is 3.11. The quantitative estimate of drug-likeness (QED) is 0.632. The normalized spacial score (nSPS) is 11.1. The van der Waals surface area contributed by atoms with Gasteiger partial charge in [0.25, 0.3) is 0 Å². The lowest BCUT2D eigenvalue weighted by Crippen LogP contribution is -2.29. The molecule has 1 unspecified atom stereocenters. The van der Waals surface area contributed by atoms with Crippen molar-refractivity contribution in [1.82, 2.24) is 5.32 Å². The lowest BCUT2D eigenvalue weighted by molar-refractivity contribution is -0.119. The highest BCUT2D eigenvalue weighted by atomic mass is 35.5. The van der Waals surface area contributed by atoms with Crippen LogP contribution in [0.1, 0.15) is 31.1 Å². The van der Waals surface area contributed by atoms with Gasteiger partial charge in [-0.15, -0.1) is 12.4 Å². The minimum atomic E-state index is -0.399. The maximum Gasteiger partial charge on any atom is 0.338 e. The molecule has 1 aromatic carbocycles. The molecule has 0 aliphatic carbocycles. The summed E-state index contributed by atoms with van der Waals surface area (Å²) in [5.74, 6) is -0.676. The van der Waals surface area contributed by atoms with Gasteiger partial charge >= 0.3 is 5.97 Å². The van der Waals surface area contributed by atoms with Crippen molar-refractivity contribution in [2.45, 2.75) is 20.8 Å². The maximum absolute atomic E-state index is 12.2. The van der Waals surface area contributed by atoms with Gasteiger partial charge in [-0.1, -0.05) is 6.92 Å². The van der Waals surface area contributed by atoms with Gasteiger partial charge in [0, 0.05) is 19.0 Å². The van der Waals surface area contributed by atoms with Crippen LogP contribution < -0.4 is 16.0 Å². The molecule has 1 atom stereocenters. The molecule has 7 heteroatoms. The first-order valence-corrected chi connectivity index (χ1v) is 7.53. The van der Waals surface area contributed by atoms with E-state index >= 15 is 0 Å². The van der Waals surface area contributed by atoms with Crippen LogP contribution in [0.2, 0.25) is 0 Å². The van der Waals surface area contributed by atoms with E-state index in [1.165, 1.54) is 0 Å². The van der Waals surface area contributed by atoms with Gasteiger partial charge in [-0.05, 0) is 39.1 Å². The van der Waals surface area contributed by atoms with Crippen LogP contribution in [-0.4, -0.2) is 38.6 Å². The van der Waals surface area contributed by atoms with Crippen LogP contribution in [-0.2, 0) is 9.53 Å². The topological polar surface area (TPSA) is 79.5 Å². The van der Waals surface area contributed by atoms with Crippen molar-refractivity contribution in [3.05, 3.63) is 23.8 Å². The van der Waals surface area contributed by atoms with Crippen LogP contribution in [0.3, 0.4) is 0 Å². The fourth-order valence-electron chi connectivity index (χ4n) is 1.99. The number of hydrogen-bond acceptors (Lipinski definition) is 5. The molecule has 0 spiro atoms. The molecule has 1 amide bonds. The van der Waals surface area contributed by atoms with Crippen LogP contribution in [0, 0.1) is 5.92 Å². The van der Waals surface area contributed by atoms with Crippen LogP contribution in [0.25, 0.3) is 0 Å². The Kier molecular flexibility index (Phi) is 10.0.